The lowest BCUT2D eigenvalue weighted by atomic mass is 10.1. The Morgan fingerprint density at radius 2 is 2.18 bits per heavy atom. The van der Waals surface area contributed by atoms with Crippen molar-refractivity contribution >= 4 is 5.97 Å². The van der Waals surface area contributed by atoms with Crippen LogP contribution in [0.25, 0.3) is 0 Å². The van der Waals surface area contributed by atoms with Gasteiger partial charge in [-0.25, -0.2) is 0 Å². The van der Waals surface area contributed by atoms with Crippen molar-refractivity contribution in [1.82, 2.24) is 0 Å². The van der Waals surface area contributed by atoms with E-state index < -0.39 is 6.29 Å². The van der Waals surface area contributed by atoms with Gasteiger partial charge in [-0.3, -0.25) is 4.79 Å². The molecular weight excluding hydrogens is 216 g/mol. The van der Waals surface area contributed by atoms with Gasteiger partial charge in [-0.15, -0.1) is 0 Å². The monoisotopic (exact) mass is 236 g/mol. The molecule has 0 aliphatic carbocycles. The van der Waals surface area contributed by atoms with Crippen molar-refractivity contribution < 1.29 is 14.3 Å². The summed E-state index contributed by atoms with van der Waals surface area (Å²) in [6.45, 7) is 5.95. The molecule has 3 heteroatoms. The van der Waals surface area contributed by atoms with E-state index in [9.17, 15) is 4.79 Å². The van der Waals surface area contributed by atoms with Crippen LogP contribution in [0.5, 0.6) is 0 Å². The van der Waals surface area contributed by atoms with E-state index in [0.29, 0.717) is 6.61 Å². The van der Waals surface area contributed by atoms with Crippen molar-refractivity contribution in [2.45, 2.75) is 46.5 Å². The summed E-state index contributed by atoms with van der Waals surface area (Å²) < 4.78 is 10.7. The average Bonchev–Trinajstić information content (AvgIpc) is 2.26. The maximum absolute atomic E-state index is 10.9. The van der Waals surface area contributed by atoms with Gasteiger partial charge in [0.05, 0.1) is 6.61 Å². The molecule has 1 rings (SSSR count). The first-order chi connectivity index (χ1) is 8.11. The molecule has 0 radical (unpaired) electrons. The zero-order chi connectivity index (χ0) is 12.7. The molecule has 0 saturated carbocycles. The van der Waals surface area contributed by atoms with Gasteiger partial charge in [-0.05, 0) is 12.5 Å². The molecular formula is C14H20O3. The first-order valence-corrected chi connectivity index (χ1v) is 5.96. The number of rotatable bonds is 6. The minimum absolute atomic E-state index is 0.298. The van der Waals surface area contributed by atoms with Crippen LogP contribution >= 0.6 is 0 Å². The van der Waals surface area contributed by atoms with Crippen LogP contribution in [-0.2, 0) is 20.9 Å². The van der Waals surface area contributed by atoms with E-state index >= 15 is 0 Å². The summed E-state index contributed by atoms with van der Waals surface area (Å²) >= 11 is 0. The van der Waals surface area contributed by atoms with Crippen LogP contribution < -0.4 is 0 Å². The Morgan fingerprint density at radius 1 is 1.41 bits per heavy atom. The van der Waals surface area contributed by atoms with Crippen LogP contribution in [0.15, 0.2) is 24.3 Å². The number of hydrogen-bond donors (Lipinski definition) is 0. The van der Waals surface area contributed by atoms with E-state index in [1.54, 1.807) is 0 Å². The van der Waals surface area contributed by atoms with Crippen LogP contribution in [0.3, 0.4) is 0 Å². The second kappa shape index (κ2) is 7.07. The molecule has 1 atom stereocenters. The fraction of sp³-hybridized carbons (Fsp3) is 0.500. The second-order valence-electron chi connectivity index (χ2n) is 4.13. The van der Waals surface area contributed by atoms with Gasteiger partial charge in [-0.2, -0.15) is 0 Å². The molecule has 17 heavy (non-hydrogen) atoms. The SMILES string of the molecule is CCCC(OCc1cccc(C)c1)OC(C)=O. The van der Waals surface area contributed by atoms with Crippen molar-refractivity contribution in [2.75, 3.05) is 0 Å². The maximum Gasteiger partial charge on any atom is 0.304 e. The standard InChI is InChI=1S/C14H20O3/c1-4-6-14(17-12(3)15)16-10-13-8-5-7-11(2)9-13/h5,7-9,14H,4,6,10H2,1-3H3. The number of carbonyl (C=O) groups excluding carboxylic acids is 1. The highest BCUT2D eigenvalue weighted by atomic mass is 16.7. The summed E-state index contributed by atoms with van der Waals surface area (Å²) in [6.07, 6.45) is 1.22. The van der Waals surface area contributed by atoms with E-state index in [4.69, 9.17) is 9.47 Å². The van der Waals surface area contributed by atoms with Crippen molar-refractivity contribution in [3.05, 3.63) is 35.4 Å². The van der Waals surface area contributed by atoms with Gasteiger partial charge in [-0.1, -0.05) is 43.2 Å². The molecule has 3 nitrogen and oxygen atoms in total. The molecule has 0 heterocycles. The summed E-state index contributed by atoms with van der Waals surface area (Å²) in [4.78, 5) is 10.9. The molecule has 1 aromatic carbocycles. The third-order valence-electron chi connectivity index (χ3n) is 2.34. The summed E-state index contributed by atoms with van der Waals surface area (Å²) in [5.41, 5.74) is 2.30. The highest BCUT2D eigenvalue weighted by Gasteiger charge is 2.11. The predicted octanol–water partition coefficient (Wildman–Crippen LogP) is 3.20. The zero-order valence-corrected chi connectivity index (χ0v) is 10.7. The van der Waals surface area contributed by atoms with Crippen molar-refractivity contribution in [2.24, 2.45) is 0 Å². The Labute approximate surface area is 103 Å². The minimum atomic E-state index is -0.432. The van der Waals surface area contributed by atoms with Gasteiger partial charge in [0, 0.05) is 13.3 Å². The van der Waals surface area contributed by atoms with Crippen molar-refractivity contribution in [3.63, 3.8) is 0 Å². The smallest absolute Gasteiger partial charge is 0.304 e. The molecule has 1 unspecified atom stereocenters. The summed E-state index contributed by atoms with van der Waals surface area (Å²) in [5, 5.41) is 0. The lowest BCUT2D eigenvalue weighted by molar-refractivity contribution is -0.180. The molecule has 0 aliphatic rings. The zero-order valence-electron chi connectivity index (χ0n) is 10.7. The van der Waals surface area contributed by atoms with E-state index in [0.717, 1.165) is 18.4 Å². The normalized spacial score (nSPS) is 12.2. The van der Waals surface area contributed by atoms with Crippen LogP contribution in [0.4, 0.5) is 0 Å². The number of esters is 1. The highest BCUT2D eigenvalue weighted by Crippen LogP contribution is 2.10. The van der Waals surface area contributed by atoms with Crippen molar-refractivity contribution in [3.8, 4) is 0 Å². The fourth-order valence-corrected chi connectivity index (χ4v) is 1.59. The van der Waals surface area contributed by atoms with Crippen LogP contribution in [-0.4, -0.2) is 12.3 Å². The minimum Gasteiger partial charge on any atom is -0.436 e. The molecule has 0 aliphatic heterocycles. The predicted molar refractivity (Wildman–Crippen MR) is 66.4 cm³/mol. The van der Waals surface area contributed by atoms with Gasteiger partial charge >= 0.3 is 5.97 Å². The largest absolute Gasteiger partial charge is 0.436 e. The van der Waals surface area contributed by atoms with Crippen LogP contribution in [0.2, 0.25) is 0 Å². The fourth-order valence-electron chi connectivity index (χ4n) is 1.59. The van der Waals surface area contributed by atoms with Gasteiger partial charge in [0.1, 0.15) is 0 Å². The number of benzene rings is 1. The van der Waals surface area contributed by atoms with Crippen molar-refractivity contribution in [1.29, 1.82) is 0 Å². The Kier molecular flexibility index (Phi) is 5.70. The Hall–Kier alpha value is -1.35. The van der Waals surface area contributed by atoms with Gasteiger partial charge < -0.3 is 9.47 Å². The maximum atomic E-state index is 10.9. The topological polar surface area (TPSA) is 35.5 Å². The van der Waals surface area contributed by atoms with Crippen LogP contribution in [0, 0.1) is 6.92 Å². The quantitative estimate of drug-likeness (QED) is 0.562. The summed E-state index contributed by atoms with van der Waals surface area (Å²) in [6, 6.07) is 8.11. The lowest BCUT2D eigenvalue weighted by Crippen LogP contribution is -2.19. The molecule has 94 valence electrons. The third kappa shape index (κ3) is 5.50. The number of carbonyl (C=O) groups is 1. The van der Waals surface area contributed by atoms with Crippen LogP contribution in [0.1, 0.15) is 37.8 Å². The molecule has 0 N–H and O–H groups in total. The van der Waals surface area contributed by atoms with Gasteiger partial charge in [0.15, 0.2) is 0 Å². The van der Waals surface area contributed by atoms with Gasteiger partial charge in [0.25, 0.3) is 0 Å². The summed E-state index contributed by atoms with van der Waals surface area (Å²) in [5.74, 6) is -0.298. The second-order valence-corrected chi connectivity index (χ2v) is 4.13. The van der Waals surface area contributed by atoms with Gasteiger partial charge in [0.2, 0.25) is 6.29 Å². The Bertz CT molecular complexity index is 360. The highest BCUT2D eigenvalue weighted by molar-refractivity contribution is 5.66. The molecule has 0 fully saturated rings. The molecule has 0 aromatic heterocycles. The Morgan fingerprint density at radius 3 is 2.76 bits per heavy atom. The van der Waals surface area contributed by atoms with E-state index in [-0.39, 0.29) is 5.97 Å². The lowest BCUT2D eigenvalue weighted by Gasteiger charge is -2.17. The summed E-state index contributed by atoms with van der Waals surface area (Å²) in [7, 11) is 0. The average molecular weight is 236 g/mol. The molecule has 0 bridgehead atoms. The van der Waals surface area contributed by atoms with E-state index in [1.165, 1.54) is 12.5 Å². The molecule has 1 aromatic rings. The third-order valence-corrected chi connectivity index (χ3v) is 2.34. The van der Waals surface area contributed by atoms with E-state index in [1.807, 2.05) is 32.0 Å². The van der Waals surface area contributed by atoms with E-state index in [2.05, 4.69) is 6.07 Å². The molecule has 0 amide bonds. The molecule has 0 saturated heterocycles. The number of hydrogen-bond acceptors (Lipinski definition) is 3. The molecule has 0 spiro atoms. The first kappa shape index (κ1) is 13.7. The Balaban J connectivity index is 2.48. The number of aryl methyl sites for hydroxylation is 1. The number of ether oxygens (including phenoxy) is 2. The first-order valence-electron chi connectivity index (χ1n) is 5.96.